The topological polar surface area (TPSA) is 75.6 Å². The largest absolute Gasteiger partial charge is 0.494 e. The molecular weight excluding hydrogens is 270 g/mol. The highest BCUT2D eigenvalue weighted by Gasteiger charge is 2.12. The first kappa shape index (κ1) is 17.2. The Kier molecular flexibility index (Phi) is 6.88. The molecule has 1 amide bonds. The fraction of sp³-hybridized carbons (Fsp3) is 0.500. The van der Waals surface area contributed by atoms with Gasteiger partial charge in [0, 0.05) is 24.4 Å². The number of ether oxygens (including phenoxy) is 1. The third-order valence-electron chi connectivity index (χ3n) is 3.06. The SMILES string of the molecule is CCOc1ccc(C(=O)CCC(=O)N[C@H](C)CO)cc1C. The Morgan fingerprint density at radius 1 is 1.33 bits per heavy atom. The molecule has 0 aliphatic rings. The summed E-state index contributed by atoms with van der Waals surface area (Å²) in [7, 11) is 0. The molecular formula is C16H23NO4. The van der Waals surface area contributed by atoms with Crippen molar-refractivity contribution < 1.29 is 19.4 Å². The number of nitrogens with one attached hydrogen (secondary N) is 1. The normalized spacial score (nSPS) is 11.8. The lowest BCUT2D eigenvalue weighted by Crippen LogP contribution is -2.35. The molecule has 0 bridgehead atoms. The van der Waals surface area contributed by atoms with Crippen LogP contribution in [0.2, 0.25) is 0 Å². The van der Waals surface area contributed by atoms with Crippen molar-refractivity contribution in [2.75, 3.05) is 13.2 Å². The summed E-state index contributed by atoms with van der Waals surface area (Å²) < 4.78 is 5.43. The number of hydrogen-bond acceptors (Lipinski definition) is 4. The highest BCUT2D eigenvalue weighted by atomic mass is 16.5. The predicted molar refractivity (Wildman–Crippen MR) is 80.6 cm³/mol. The lowest BCUT2D eigenvalue weighted by molar-refractivity contribution is -0.121. The lowest BCUT2D eigenvalue weighted by Gasteiger charge is -2.11. The first-order valence-electron chi connectivity index (χ1n) is 7.14. The van der Waals surface area contributed by atoms with Gasteiger partial charge >= 0.3 is 0 Å². The molecule has 5 nitrogen and oxygen atoms in total. The molecule has 0 radical (unpaired) electrons. The minimum absolute atomic E-state index is 0.0760. The van der Waals surface area contributed by atoms with Gasteiger partial charge in [-0.3, -0.25) is 9.59 Å². The van der Waals surface area contributed by atoms with Crippen molar-refractivity contribution in [1.82, 2.24) is 5.32 Å². The van der Waals surface area contributed by atoms with Crippen molar-refractivity contribution in [3.63, 3.8) is 0 Å². The number of aliphatic hydroxyl groups is 1. The standard InChI is InChI=1S/C16H23NO4/c1-4-21-15-7-5-13(9-11(15)2)14(19)6-8-16(20)17-12(3)10-18/h5,7,9,12,18H,4,6,8,10H2,1-3H3,(H,17,20)/t12-/m1/s1. The molecule has 0 saturated heterocycles. The minimum atomic E-state index is -0.291. The second-order valence-corrected chi connectivity index (χ2v) is 4.99. The number of rotatable bonds is 8. The Bertz CT molecular complexity index is 499. The van der Waals surface area contributed by atoms with Gasteiger partial charge in [0.05, 0.1) is 13.2 Å². The van der Waals surface area contributed by atoms with E-state index in [-0.39, 0.29) is 37.2 Å². The Hall–Kier alpha value is -1.88. The molecule has 2 N–H and O–H groups in total. The van der Waals surface area contributed by atoms with Crippen LogP contribution in [0.3, 0.4) is 0 Å². The fourth-order valence-electron chi connectivity index (χ4n) is 1.90. The van der Waals surface area contributed by atoms with E-state index in [1.165, 1.54) is 0 Å². The number of amides is 1. The second kappa shape index (κ2) is 8.42. The average Bonchev–Trinajstić information content (AvgIpc) is 2.46. The summed E-state index contributed by atoms with van der Waals surface area (Å²) in [5.41, 5.74) is 1.49. The van der Waals surface area contributed by atoms with Gasteiger partial charge in [-0.15, -0.1) is 0 Å². The van der Waals surface area contributed by atoms with Crippen LogP contribution >= 0.6 is 0 Å². The van der Waals surface area contributed by atoms with Crippen molar-refractivity contribution in [3.05, 3.63) is 29.3 Å². The Morgan fingerprint density at radius 2 is 2.05 bits per heavy atom. The number of aliphatic hydroxyl groups excluding tert-OH is 1. The first-order valence-corrected chi connectivity index (χ1v) is 7.14. The van der Waals surface area contributed by atoms with Crippen molar-refractivity contribution in [2.24, 2.45) is 0 Å². The number of benzene rings is 1. The molecule has 1 rings (SSSR count). The summed E-state index contributed by atoms with van der Waals surface area (Å²) in [6, 6.07) is 4.98. The molecule has 0 aliphatic carbocycles. The van der Waals surface area contributed by atoms with E-state index < -0.39 is 0 Å². The summed E-state index contributed by atoms with van der Waals surface area (Å²) in [5, 5.41) is 11.5. The van der Waals surface area contributed by atoms with Gasteiger partial charge in [-0.05, 0) is 44.5 Å². The number of hydrogen-bond donors (Lipinski definition) is 2. The summed E-state index contributed by atoms with van der Waals surface area (Å²) in [6.45, 7) is 5.96. The molecule has 1 aromatic rings. The molecule has 21 heavy (non-hydrogen) atoms. The molecule has 1 aromatic carbocycles. The highest BCUT2D eigenvalue weighted by Crippen LogP contribution is 2.20. The molecule has 0 saturated carbocycles. The van der Waals surface area contributed by atoms with Gasteiger partial charge in [-0.25, -0.2) is 0 Å². The molecule has 0 aromatic heterocycles. The van der Waals surface area contributed by atoms with Crippen molar-refractivity contribution in [3.8, 4) is 5.75 Å². The van der Waals surface area contributed by atoms with Crippen LogP contribution < -0.4 is 10.1 Å². The molecule has 116 valence electrons. The van der Waals surface area contributed by atoms with Crippen LogP contribution in [-0.2, 0) is 4.79 Å². The molecule has 0 aliphatic heterocycles. The van der Waals surface area contributed by atoms with Crippen LogP contribution in [0.15, 0.2) is 18.2 Å². The lowest BCUT2D eigenvalue weighted by atomic mass is 10.0. The maximum atomic E-state index is 12.1. The maximum Gasteiger partial charge on any atom is 0.220 e. The van der Waals surface area contributed by atoms with Crippen LogP contribution in [0.1, 0.15) is 42.6 Å². The van der Waals surface area contributed by atoms with Crippen molar-refractivity contribution in [2.45, 2.75) is 39.7 Å². The van der Waals surface area contributed by atoms with E-state index in [9.17, 15) is 9.59 Å². The molecule has 0 heterocycles. The van der Waals surface area contributed by atoms with Crippen molar-refractivity contribution in [1.29, 1.82) is 0 Å². The van der Waals surface area contributed by atoms with E-state index in [1.54, 1.807) is 25.1 Å². The highest BCUT2D eigenvalue weighted by molar-refractivity contribution is 5.98. The zero-order valence-corrected chi connectivity index (χ0v) is 12.8. The van der Waals surface area contributed by atoms with Gasteiger partial charge in [0.25, 0.3) is 0 Å². The number of carbonyl (C=O) groups is 2. The van der Waals surface area contributed by atoms with E-state index in [0.29, 0.717) is 12.2 Å². The third kappa shape index (κ3) is 5.55. The smallest absolute Gasteiger partial charge is 0.220 e. The summed E-state index contributed by atoms with van der Waals surface area (Å²) in [5.74, 6) is 0.462. The summed E-state index contributed by atoms with van der Waals surface area (Å²) in [6.07, 6.45) is 0.271. The van der Waals surface area contributed by atoms with Gasteiger partial charge in [0.1, 0.15) is 5.75 Å². The molecule has 1 atom stereocenters. The minimum Gasteiger partial charge on any atom is -0.494 e. The van der Waals surface area contributed by atoms with E-state index in [1.807, 2.05) is 13.8 Å². The van der Waals surface area contributed by atoms with Gasteiger partial charge in [0.15, 0.2) is 5.78 Å². The molecule has 0 unspecified atom stereocenters. The Balaban J connectivity index is 2.56. The van der Waals surface area contributed by atoms with Gasteiger partial charge in [-0.2, -0.15) is 0 Å². The van der Waals surface area contributed by atoms with Crippen molar-refractivity contribution >= 4 is 11.7 Å². The zero-order chi connectivity index (χ0) is 15.8. The van der Waals surface area contributed by atoms with E-state index in [2.05, 4.69) is 5.32 Å². The fourth-order valence-corrected chi connectivity index (χ4v) is 1.90. The maximum absolute atomic E-state index is 12.1. The van der Waals surface area contributed by atoms with Crippen LogP contribution in [0.5, 0.6) is 5.75 Å². The van der Waals surface area contributed by atoms with Crippen LogP contribution in [-0.4, -0.2) is 36.1 Å². The summed E-state index contributed by atoms with van der Waals surface area (Å²) >= 11 is 0. The quantitative estimate of drug-likeness (QED) is 0.717. The van der Waals surface area contributed by atoms with Crippen LogP contribution in [0.25, 0.3) is 0 Å². The van der Waals surface area contributed by atoms with E-state index >= 15 is 0 Å². The molecule has 0 spiro atoms. The number of ketones is 1. The van der Waals surface area contributed by atoms with E-state index in [4.69, 9.17) is 9.84 Å². The average molecular weight is 293 g/mol. The monoisotopic (exact) mass is 293 g/mol. The molecule has 5 heteroatoms. The van der Waals surface area contributed by atoms with Crippen LogP contribution in [0, 0.1) is 6.92 Å². The summed E-state index contributed by atoms with van der Waals surface area (Å²) in [4.78, 5) is 23.6. The van der Waals surface area contributed by atoms with Gasteiger partial charge < -0.3 is 15.2 Å². The second-order valence-electron chi connectivity index (χ2n) is 4.99. The Morgan fingerprint density at radius 3 is 2.62 bits per heavy atom. The molecule has 0 fully saturated rings. The predicted octanol–water partition coefficient (Wildman–Crippen LogP) is 1.85. The van der Waals surface area contributed by atoms with E-state index in [0.717, 1.165) is 11.3 Å². The third-order valence-corrected chi connectivity index (χ3v) is 3.06. The Labute approximate surface area is 125 Å². The van der Waals surface area contributed by atoms with Crippen LogP contribution in [0.4, 0.5) is 0 Å². The number of carbonyl (C=O) groups excluding carboxylic acids is 2. The van der Waals surface area contributed by atoms with Gasteiger partial charge in [-0.1, -0.05) is 0 Å². The zero-order valence-electron chi connectivity index (χ0n) is 12.8. The number of aryl methyl sites for hydroxylation is 1. The van der Waals surface area contributed by atoms with Gasteiger partial charge in [0.2, 0.25) is 5.91 Å². The first-order chi connectivity index (χ1) is 9.97. The number of Topliss-reactive ketones (excluding diaryl/α,β-unsaturated/α-hetero) is 1.